The van der Waals surface area contributed by atoms with Gasteiger partial charge in [0.15, 0.2) is 5.65 Å². The first-order chi connectivity index (χ1) is 13.9. The van der Waals surface area contributed by atoms with Crippen molar-refractivity contribution in [2.24, 2.45) is 7.05 Å². The van der Waals surface area contributed by atoms with E-state index in [0.29, 0.717) is 36.1 Å². The highest BCUT2D eigenvalue weighted by atomic mass is 32.2. The summed E-state index contributed by atoms with van der Waals surface area (Å²) < 4.78 is 29.2. The Morgan fingerprint density at radius 2 is 1.97 bits per heavy atom. The molecule has 1 aliphatic rings. The molecule has 1 fully saturated rings. The number of fused-ring (bicyclic) bond motifs is 3. The van der Waals surface area contributed by atoms with E-state index < -0.39 is 10.0 Å². The van der Waals surface area contributed by atoms with Crippen molar-refractivity contribution >= 4 is 43.9 Å². The van der Waals surface area contributed by atoms with Crippen molar-refractivity contribution < 1.29 is 13.2 Å². The van der Waals surface area contributed by atoms with Crippen LogP contribution < -0.4 is 5.32 Å². The Morgan fingerprint density at radius 1 is 1.21 bits per heavy atom. The summed E-state index contributed by atoms with van der Waals surface area (Å²) in [6.45, 7) is 3.13. The van der Waals surface area contributed by atoms with Gasteiger partial charge in [-0.1, -0.05) is 13.3 Å². The zero-order valence-corrected chi connectivity index (χ0v) is 17.4. The van der Waals surface area contributed by atoms with Crippen molar-refractivity contribution in [3.05, 3.63) is 18.2 Å². The molecule has 0 radical (unpaired) electrons. The lowest BCUT2D eigenvalue weighted by Gasteiger charge is -2.15. The molecular formula is C19H24N6O3S. The minimum absolute atomic E-state index is 0.147. The van der Waals surface area contributed by atoms with Gasteiger partial charge in [-0.2, -0.15) is 9.29 Å². The minimum atomic E-state index is -3.52. The van der Waals surface area contributed by atoms with Crippen LogP contribution in [0.4, 0.5) is 5.95 Å². The molecule has 0 atom stereocenters. The number of aryl methyl sites for hydroxylation is 1. The third-order valence-corrected chi connectivity index (χ3v) is 7.18. The largest absolute Gasteiger partial charge is 0.327 e. The molecule has 0 spiro atoms. The van der Waals surface area contributed by atoms with Gasteiger partial charge in [-0.15, -0.1) is 10.2 Å². The van der Waals surface area contributed by atoms with Crippen LogP contribution in [0.1, 0.15) is 39.0 Å². The predicted molar refractivity (Wildman–Crippen MR) is 110 cm³/mol. The van der Waals surface area contributed by atoms with Crippen molar-refractivity contribution in [1.29, 1.82) is 0 Å². The van der Waals surface area contributed by atoms with Crippen molar-refractivity contribution in [2.45, 2.75) is 43.9 Å². The number of carbonyl (C=O) groups excluding carboxylic acids is 1. The summed E-state index contributed by atoms with van der Waals surface area (Å²) in [5.74, 6) is 0.000165. The smallest absolute Gasteiger partial charge is 0.251 e. The first-order valence-electron chi connectivity index (χ1n) is 9.84. The fraction of sp³-hybridized carbons (Fsp3) is 0.474. The average molecular weight is 417 g/mol. The number of sulfonamides is 1. The van der Waals surface area contributed by atoms with E-state index in [1.807, 2.05) is 18.5 Å². The Morgan fingerprint density at radius 3 is 2.69 bits per heavy atom. The summed E-state index contributed by atoms with van der Waals surface area (Å²) in [6, 6.07) is 5.03. The first-order valence-corrected chi connectivity index (χ1v) is 11.3. The number of amides is 1. The van der Waals surface area contributed by atoms with Gasteiger partial charge < -0.3 is 4.57 Å². The Bertz CT molecular complexity index is 1180. The number of hydrogen-bond donors (Lipinski definition) is 1. The van der Waals surface area contributed by atoms with Crippen molar-refractivity contribution in [3.8, 4) is 0 Å². The molecule has 0 aliphatic carbocycles. The molecule has 1 aromatic carbocycles. The summed E-state index contributed by atoms with van der Waals surface area (Å²) in [4.78, 5) is 16.6. The zero-order valence-electron chi connectivity index (χ0n) is 16.6. The second-order valence-electron chi connectivity index (χ2n) is 7.31. The molecule has 0 saturated carbocycles. The summed E-state index contributed by atoms with van der Waals surface area (Å²) in [5, 5.41) is 11.6. The average Bonchev–Trinajstić information content (AvgIpc) is 3.35. The summed E-state index contributed by atoms with van der Waals surface area (Å²) in [6.07, 6.45) is 3.90. The van der Waals surface area contributed by atoms with Crippen LogP contribution in [0.3, 0.4) is 0 Å². The van der Waals surface area contributed by atoms with E-state index in [2.05, 4.69) is 20.5 Å². The molecular weight excluding hydrogens is 392 g/mol. The molecule has 2 aromatic heterocycles. The van der Waals surface area contributed by atoms with Gasteiger partial charge in [-0.25, -0.2) is 8.42 Å². The molecule has 29 heavy (non-hydrogen) atoms. The van der Waals surface area contributed by atoms with E-state index in [4.69, 9.17) is 0 Å². The van der Waals surface area contributed by atoms with Crippen molar-refractivity contribution in [3.63, 3.8) is 0 Å². The second kappa shape index (κ2) is 7.68. The van der Waals surface area contributed by atoms with Crippen LogP contribution >= 0.6 is 0 Å². The highest BCUT2D eigenvalue weighted by Gasteiger charge is 2.28. The van der Waals surface area contributed by atoms with Gasteiger partial charge in [0, 0.05) is 31.9 Å². The fourth-order valence-electron chi connectivity index (χ4n) is 3.65. The quantitative estimate of drug-likeness (QED) is 0.661. The van der Waals surface area contributed by atoms with Crippen molar-refractivity contribution in [2.75, 3.05) is 18.4 Å². The Hall–Kier alpha value is -2.59. The van der Waals surface area contributed by atoms with Crippen LogP contribution in [0.5, 0.6) is 0 Å². The molecule has 0 unspecified atom stereocenters. The Balaban J connectivity index is 1.73. The van der Waals surface area contributed by atoms with E-state index in [0.717, 1.165) is 31.2 Å². The number of rotatable bonds is 6. The molecule has 1 aliphatic heterocycles. The number of benzene rings is 1. The third-order valence-electron chi connectivity index (χ3n) is 5.28. The topological polar surface area (TPSA) is 110 Å². The molecule has 3 aromatic rings. The first kappa shape index (κ1) is 19.7. The molecule has 1 amide bonds. The predicted octanol–water partition coefficient (Wildman–Crippen LogP) is 2.43. The van der Waals surface area contributed by atoms with E-state index in [1.165, 1.54) is 4.31 Å². The van der Waals surface area contributed by atoms with Gasteiger partial charge in [0.2, 0.25) is 15.9 Å². The van der Waals surface area contributed by atoms with Gasteiger partial charge in [0.1, 0.15) is 5.52 Å². The van der Waals surface area contributed by atoms with Crippen LogP contribution in [-0.4, -0.2) is 51.5 Å². The van der Waals surface area contributed by atoms with Gasteiger partial charge in [-0.05, 0) is 37.5 Å². The lowest BCUT2D eigenvalue weighted by Crippen LogP contribution is -2.27. The highest BCUT2D eigenvalue weighted by molar-refractivity contribution is 7.89. The molecule has 10 heteroatoms. The number of hydrogen-bond acceptors (Lipinski definition) is 6. The SMILES string of the molecule is CCCCC(=O)Nc1nnc2c3cc(S(=O)(=O)N4CCCC4)ccc3n(C)c2n1. The maximum atomic E-state index is 12.9. The molecule has 1 saturated heterocycles. The maximum Gasteiger partial charge on any atom is 0.251 e. The molecule has 0 bridgehead atoms. The van der Waals surface area contributed by atoms with Gasteiger partial charge >= 0.3 is 0 Å². The number of nitrogens with one attached hydrogen (secondary N) is 1. The van der Waals surface area contributed by atoms with Crippen molar-refractivity contribution in [1.82, 2.24) is 24.1 Å². The van der Waals surface area contributed by atoms with Gasteiger partial charge in [-0.3, -0.25) is 10.1 Å². The molecule has 3 heterocycles. The lowest BCUT2D eigenvalue weighted by atomic mass is 10.2. The monoisotopic (exact) mass is 416 g/mol. The third kappa shape index (κ3) is 3.58. The normalized spacial score (nSPS) is 15.4. The summed E-state index contributed by atoms with van der Waals surface area (Å²) >= 11 is 0. The number of anilines is 1. The standard InChI is InChI=1S/C19H24N6O3S/c1-3-4-7-16(26)20-19-21-18-17(22-23-19)14-12-13(8-9-15(14)24(18)2)29(27,28)25-10-5-6-11-25/h8-9,12H,3-7,10-11H2,1-2H3,(H,20,21,23,26). The summed E-state index contributed by atoms with van der Waals surface area (Å²) in [7, 11) is -1.69. The number of nitrogens with zero attached hydrogens (tertiary/aromatic N) is 5. The number of carbonyl (C=O) groups is 1. The lowest BCUT2D eigenvalue weighted by molar-refractivity contribution is -0.116. The number of unbranched alkanes of at least 4 members (excludes halogenated alkanes) is 1. The number of aromatic nitrogens is 4. The van der Waals surface area contributed by atoms with Crippen LogP contribution in [0.15, 0.2) is 23.1 Å². The van der Waals surface area contributed by atoms with E-state index in [9.17, 15) is 13.2 Å². The molecule has 9 nitrogen and oxygen atoms in total. The Kier molecular flexibility index (Phi) is 5.22. The van der Waals surface area contributed by atoms with Gasteiger partial charge in [0.05, 0.1) is 10.4 Å². The highest BCUT2D eigenvalue weighted by Crippen LogP contribution is 2.29. The van der Waals surface area contributed by atoms with Crippen LogP contribution in [0.2, 0.25) is 0 Å². The maximum absolute atomic E-state index is 12.9. The summed E-state index contributed by atoms with van der Waals surface area (Å²) in [5.41, 5.74) is 1.85. The minimum Gasteiger partial charge on any atom is -0.327 e. The van der Waals surface area contributed by atoms with Crippen LogP contribution in [0.25, 0.3) is 22.1 Å². The van der Waals surface area contributed by atoms with Crippen LogP contribution in [-0.2, 0) is 21.9 Å². The molecule has 1 N–H and O–H groups in total. The molecule has 154 valence electrons. The van der Waals surface area contributed by atoms with E-state index in [-0.39, 0.29) is 16.8 Å². The van der Waals surface area contributed by atoms with Gasteiger partial charge in [0.25, 0.3) is 5.95 Å². The van der Waals surface area contributed by atoms with Crippen LogP contribution in [0, 0.1) is 0 Å². The zero-order chi connectivity index (χ0) is 20.6. The molecule has 4 rings (SSSR count). The van der Waals surface area contributed by atoms with E-state index in [1.54, 1.807) is 18.2 Å². The Labute approximate surface area is 169 Å². The second-order valence-corrected chi connectivity index (χ2v) is 9.25. The van der Waals surface area contributed by atoms with E-state index >= 15 is 0 Å². The fourth-order valence-corrected chi connectivity index (χ4v) is 5.20.